The van der Waals surface area contributed by atoms with E-state index in [0.717, 1.165) is 0 Å². The summed E-state index contributed by atoms with van der Waals surface area (Å²) >= 11 is 0. The van der Waals surface area contributed by atoms with Crippen molar-refractivity contribution in [1.82, 2.24) is 0 Å². The number of rotatable bonds is 5. The molecule has 0 amide bonds. The van der Waals surface area contributed by atoms with Crippen molar-refractivity contribution in [3.63, 3.8) is 0 Å². The summed E-state index contributed by atoms with van der Waals surface area (Å²) < 4.78 is 0. The van der Waals surface area contributed by atoms with Gasteiger partial charge in [-0.1, -0.05) is 128 Å². The topological polar surface area (TPSA) is 0 Å². The van der Waals surface area contributed by atoms with Gasteiger partial charge >= 0.3 is 0 Å². The van der Waals surface area contributed by atoms with E-state index in [1.807, 2.05) is 6.08 Å². The van der Waals surface area contributed by atoms with E-state index in [1.54, 1.807) is 0 Å². The van der Waals surface area contributed by atoms with Crippen molar-refractivity contribution in [3.05, 3.63) is 114 Å². The van der Waals surface area contributed by atoms with Crippen LogP contribution in [0.1, 0.15) is 19.4 Å². The molecule has 0 aliphatic heterocycles. The second-order valence-electron chi connectivity index (χ2n) is 9.12. The van der Waals surface area contributed by atoms with Crippen molar-refractivity contribution in [3.8, 4) is 11.5 Å². The average Bonchev–Trinajstić information content (AvgIpc) is 2.76. The molecule has 0 fully saturated rings. The van der Waals surface area contributed by atoms with Gasteiger partial charge in [0.1, 0.15) is 8.07 Å². The molecular formula is C31H32Si. The van der Waals surface area contributed by atoms with E-state index in [-0.39, 0.29) is 0 Å². The number of hydrogen-bond donors (Lipinski definition) is 0. The highest BCUT2D eigenvalue weighted by Gasteiger charge is 2.06. The molecule has 0 aliphatic rings. The fourth-order valence-electron chi connectivity index (χ4n) is 3.40. The Morgan fingerprint density at radius 1 is 0.750 bits per heavy atom. The standard InChI is InChI=1S/C31H32Si/c1-25(16-12-13-23-32(3,4)5)14-6-7-15-26(2)21-22-31-29-19-10-8-17-27(29)24-28-18-9-11-20-30(28)31/h6-12,14-22,24H,1-5H3/b7-6+,16-12+,22-21+,25-14+,26-15+. The molecule has 1 heteroatoms. The van der Waals surface area contributed by atoms with E-state index < -0.39 is 8.07 Å². The second kappa shape index (κ2) is 10.8. The number of allylic oxidation sites excluding steroid dienone is 9. The molecule has 0 unspecified atom stereocenters. The Balaban J connectivity index is 1.76. The van der Waals surface area contributed by atoms with E-state index >= 15 is 0 Å². The van der Waals surface area contributed by atoms with Gasteiger partial charge in [0.15, 0.2) is 0 Å². The molecular weight excluding hydrogens is 400 g/mol. The van der Waals surface area contributed by atoms with Crippen molar-refractivity contribution in [1.29, 1.82) is 0 Å². The molecule has 3 aromatic carbocycles. The van der Waals surface area contributed by atoms with Crippen molar-refractivity contribution in [2.24, 2.45) is 0 Å². The summed E-state index contributed by atoms with van der Waals surface area (Å²) in [6, 6.07) is 19.5. The summed E-state index contributed by atoms with van der Waals surface area (Å²) in [6.07, 6.45) is 16.9. The monoisotopic (exact) mass is 432 g/mol. The molecule has 0 N–H and O–H groups in total. The Bertz CT molecular complexity index is 1260. The van der Waals surface area contributed by atoms with E-state index in [2.05, 4.69) is 142 Å². The highest BCUT2D eigenvalue weighted by atomic mass is 28.3. The number of benzene rings is 3. The Morgan fingerprint density at radius 2 is 1.28 bits per heavy atom. The van der Waals surface area contributed by atoms with Crippen LogP contribution < -0.4 is 0 Å². The Labute approximate surface area is 194 Å². The maximum absolute atomic E-state index is 3.35. The first kappa shape index (κ1) is 23.3. The number of hydrogen-bond acceptors (Lipinski definition) is 0. The Kier molecular flexibility index (Phi) is 7.87. The van der Waals surface area contributed by atoms with Gasteiger partial charge in [0, 0.05) is 0 Å². The van der Waals surface area contributed by atoms with Crippen LogP contribution in [0.4, 0.5) is 0 Å². The van der Waals surface area contributed by atoms with E-state index in [4.69, 9.17) is 0 Å². The molecule has 0 aromatic heterocycles. The highest BCUT2D eigenvalue weighted by molar-refractivity contribution is 6.83. The minimum Gasteiger partial charge on any atom is -0.127 e. The lowest BCUT2D eigenvalue weighted by atomic mass is 9.96. The van der Waals surface area contributed by atoms with Crippen molar-refractivity contribution >= 4 is 35.7 Å². The Morgan fingerprint density at radius 3 is 1.84 bits per heavy atom. The number of fused-ring (bicyclic) bond motifs is 2. The largest absolute Gasteiger partial charge is 0.129 e. The maximum Gasteiger partial charge on any atom is 0.129 e. The van der Waals surface area contributed by atoms with Gasteiger partial charge in [0.2, 0.25) is 0 Å². The molecule has 0 aliphatic carbocycles. The fourth-order valence-corrected chi connectivity index (χ4v) is 3.92. The minimum absolute atomic E-state index is 1.19. The molecule has 0 bridgehead atoms. The van der Waals surface area contributed by atoms with Crippen LogP contribution in [0.2, 0.25) is 19.6 Å². The molecule has 0 saturated heterocycles. The first-order chi connectivity index (χ1) is 15.3. The second-order valence-corrected chi connectivity index (χ2v) is 13.9. The maximum atomic E-state index is 3.35. The van der Waals surface area contributed by atoms with Gasteiger partial charge < -0.3 is 0 Å². The minimum atomic E-state index is -1.30. The van der Waals surface area contributed by atoms with Gasteiger partial charge in [0.25, 0.3) is 0 Å². The fraction of sp³-hybridized carbons (Fsp3) is 0.161. The smallest absolute Gasteiger partial charge is 0.127 e. The third-order valence-electron chi connectivity index (χ3n) is 5.03. The molecule has 160 valence electrons. The van der Waals surface area contributed by atoms with Crippen molar-refractivity contribution < 1.29 is 0 Å². The van der Waals surface area contributed by atoms with Crippen LogP contribution in [0.15, 0.2) is 108 Å². The molecule has 3 rings (SSSR count). The molecule has 3 aromatic rings. The normalized spacial score (nSPS) is 13.5. The summed E-state index contributed by atoms with van der Waals surface area (Å²) in [5.41, 5.74) is 7.02. The molecule has 0 radical (unpaired) electrons. The van der Waals surface area contributed by atoms with Crippen LogP contribution in [0.5, 0.6) is 0 Å². The quantitative estimate of drug-likeness (QED) is 0.163. The van der Waals surface area contributed by atoms with Crippen LogP contribution in [0.3, 0.4) is 0 Å². The summed E-state index contributed by atoms with van der Waals surface area (Å²) in [4.78, 5) is 0. The Hall–Kier alpha value is -3.34. The van der Waals surface area contributed by atoms with Gasteiger partial charge in [-0.25, -0.2) is 0 Å². The van der Waals surface area contributed by atoms with Gasteiger partial charge in [-0.2, -0.15) is 0 Å². The van der Waals surface area contributed by atoms with Gasteiger partial charge in [-0.05, 0) is 53.1 Å². The first-order valence-corrected chi connectivity index (χ1v) is 14.6. The third kappa shape index (κ3) is 6.84. The van der Waals surface area contributed by atoms with Crippen LogP contribution >= 0.6 is 0 Å². The van der Waals surface area contributed by atoms with Gasteiger partial charge in [-0.3, -0.25) is 0 Å². The van der Waals surface area contributed by atoms with E-state index in [0.29, 0.717) is 0 Å². The third-order valence-corrected chi connectivity index (χ3v) is 5.93. The zero-order valence-corrected chi connectivity index (χ0v) is 20.8. The molecule has 0 nitrogen and oxygen atoms in total. The van der Waals surface area contributed by atoms with Crippen LogP contribution in [0.25, 0.3) is 27.6 Å². The predicted octanol–water partition coefficient (Wildman–Crippen LogP) is 8.89. The summed E-state index contributed by atoms with van der Waals surface area (Å²) in [5, 5.41) is 5.12. The van der Waals surface area contributed by atoms with Crippen LogP contribution in [0, 0.1) is 11.5 Å². The summed E-state index contributed by atoms with van der Waals surface area (Å²) in [5.74, 6) is 3.17. The molecule has 0 saturated carbocycles. The molecule has 0 atom stereocenters. The van der Waals surface area contributed by atoms with Crippen molar-refractivity contribution in [2.45, 2.75) is 33.5 Å². The van der Waals surface area contributed by atoms with Crippen LogP contribution in [-0.4, -0.2) is 8.07 Å². The lowest BCUT2D eigenvalue weighted by molar-refractivity contribution is 1.51. The van der Waals surface area contributed by atoms with Gasteiger partial charge in [0.05, 0.1) is 0 Å². The van der Waals surface area contributed by atoms with E-state index in [1.165, 1.54) is 38.3 Å². The average molecular weight is 433 g/mol. The lowest BCUT2D eigenvalue weighted by Gasteiger charge is -2.08. The molecule has 0 heterocycles. The summed E-state index contributed by atoms with van der Waals surface area (Å²) in [7, 11) is -1.30. The summed E-state index contributed by atoms with van der Waals surface area (Å²) in [6.45, 7) is 11.0. The molecule has 0 spiro atoms. The van der Waals surface area contributed by atoms with Gasteiger partial charge in [-0.15, -0.1) is 5.54 Å². The SMILES string of the molecule is CC(/C=C/C#C[Si](C)(C)C)=C\C=C\C=C(C)\C=C\c1c2ccccc2cc2ccccc12. The van der Waals surface area contributed by atoms with Crippen molar-refractivity contribution in [2.75, 3.05) is 0 Å². The lowest BCUT2D eigenvalue weighted by Crippen LogP contribution is -2.16. The predicted molar refractivity (Wildman–Crippen MR) is 147 cm³/mol. The molecule has 32 heavy (non-hydrogen) atoms. The van der Waals surface area contributed by atoms with Crippen LogP contribution in [-0.2, 0) is 0 Å². The first-order valence-electron chi connectivity index (χ1n) is 11.1. The highest BCUT2D eigenvalue weighted by Crippen LogP contribution is 2.29. The van der Waals surface area contributed by atoms with E-state index in [9.17, 15) is 0 Å². The zero-order chi connectivity index (χ0) is 23.0. The zero-order valence-electron chi connectivity index (χ0n) is 19.8.